The molecule has 158 valence electrons. The van der Waals surface area contributed by atoms with Gasteiger partial charge in [0.2, 0.25) is 0 Å². The van der Waals surface area contributed by atoms with Gasteiger partial charge in [-0.25, -0.2) is 0 Å². The van der Waals surface area contributed by atoms with E-state index >= 15 is 0 Å². The number of carbonyl (C=O) groups is 2. The lowest BCUT2D eigenvalue weighted by Gasteiger charge is -2.19. The molecular weight excluding hydrogens is 408 g/mol. The lowest BCUT2D eigenvalue weighted by Crippen LogP contribution is -2.49. The number of amides is 2. The molecular formula is C20H22N4O5S. The Balaban J connectivity index is 1.76. The maximum atomic E-state index is 12.2. The Bertz CT molecular complexity index is 937. The highest BCUT2D eigenvalue weighted by Crippen LogP contribution is 2.22. The Kier molecular flexibility index (Phi) is 7.43. The second-order valence-electron chi connectivity index (χ2n) is 7.32. The number of benzene rings is 2. The Morgan fingerprint density at radius 1 is 1.03 bits per heavy atom. The van der Waals surface area contributed by atoms with E-state index < -0.39 is 16.7 Å². The van der Waals surface area contributed by atoms with Gasteiger partial charge in [-0.15, -0.1) is 0 Å². The first-order chi connectivity index (χ1) is 14.1. The molecule has 0 aromatic heterocycles. The highest BCUT2D eigenvalue weighted by Gasteiger charge is 2.14. The van der Waals surface area contributed by atoms with Crippen LogP contribution in [0, 0.1) is 10.1 Å². The second-order valence-corrected chi connectivity index (χ2v) is 7.73. The van der Waals surface area contributed by atoms with Crippen LogP contribution in [-0.4, -0.2) is 28.5 Å². The van der Waals surface area contributed by atoms with E-state index in [4.69, 9.17) is 17.0 Å². The van der Waals surface area contributed by atoms with Crippen LogP contribution >= 0.6 is 12.2 Å². The zero-order valence-electron chi connectivity index (χ0n) is 16.7. The van der Waals surface area contributed by atoms with Crippen LogP contribution in [-0.2, 0) is 10.2 Å². The number of ether oxygens (including phenoxy) is 1. The molecule has 0 atom stereocenters. The van der Waals surface area contributed by atoms with Crippen molar-refractivity contribution in [2.24, 2.45) is 0 Å². The number of nitrogens with zero attached hydrogens (tertiary/aromatic N) is 1. The van der Waals surface area contributed by atoms with Crippen molar-refractivity contribution < 1.29 is 19.2 Å². The molecule has 0 aliphatic rings. The summed E-state index contributed by atoms with van der Waals surface area (Å²) in [7, 11) is 0. The Morgan fingerprint density at radius 2 is 1.63 bits per heavy atom. The summed E-state index contributed by atoms with van der Waals surface area (Å²) in [4.78, 5) is 34.1. The summed E-state index contributed by atoms with van der Waals surface area (Å²) in [5.74, 6) is -0.676. The Morgan fingerprint density at radius 3 is 2.17 bits per heavy atom. The van der Waals surface area contributed by atoms with Crippen LogP contribution < -0.4 is 20.9 Å². The van der Waals surface area contributed by atoms with Crippen LogP contribution in [0.4, 0.5) is 5.69 Å². The highest BCUT2D eigenvalue weighted by atomic mass is 32.1. The Labute approximate surface area is 178 Å². The fourth-order valence-electron chi connectivity index (χ4n) is 2.31. The van der Waals surface area contributed by atoms with Crippen LogP contribution in [0.5, 0.6) is 5.75 Å². The number of nitro groups is 1. The largest absolute Gasteiger partial charge is 0.484 e. The topological polar surface area (TPSA) is 123 Å². The van der Waals surface area contributed by atoms with Crippen molar-refractivity contribution in [3.63, 3.8) is 0 Å². The molecule has 10 heteroatoms. The molecule has 9 nitrogen and oxygen atoms in total. The summed E-state index contributed by atoms with van der Waals surface area (Å²) in [6.45, 7) is 5.88. The summed E-state index contributed by atoms with van der Waals surface area (Å²) in [6, 6.07) is 12.5. The van der Waals surface area contributed by atoms with E-state index in [9.17, 15) is 19.7 Å². The fraction of sp³-hybridized carbons (Fsp3) is 0.250. The summed E-state index contributed by atoms with van der Waals surface area (Å²) in [6.07, 6.45) is 0. The molecule has 0 aliphatic heterocycles. The van der Waals surface area contributed by atoms with E-state index in [-0.39, 0.29) is 22.8 Å². The number of rotatable bonds is 5. The molecule has 0 bridgehead atoms. The minimum Gasteiger partial charge on any atom is -0.484 e. The van der Waals surface area contributed by atoms with Crippen molar-refractivity contribution in [3.8, 4) is 5.75 Å². The molecule has 3 N–H and O–H groups in total. The van der Waals surface area contributed by atoms with Crippen LogP contribution in [0.3, 0.4) is 0 Å². The molecule has 2 amide bonds. The van der Waals surface area contributed by atoms with E-state index in [1.54, 1.807) is 12.1 Å². The smallest absolute Gasteiger partial charge is 0.269 e. The average Bonchev–Trinajstić information content (AvgIpc) is 2.70. The van der Waals surface area contributed by atoms with E-state index in [2.05, 4.69) is 36.9 Å². The number of thiocarbonyl (C=S) groups is 1. The van der Waals surface area contributed by atoms with Crippen molar-refractivity contribution in [3.05, 3.63) is 69.8 Å². The molecule has 0 radical (unpaired) electrons. The Hall–Kier alpha value is -3.53. The van der Waals surface area contributed by atoms with Gasteiger partial charge in [0.15, 0.2) is 11.7 Å². The minimum absolute atomic E-state index is 0.0182. The van der Waals surface area contributed by atoms with E-state index in [1.165, 1.54) is 24.3 Å². The second kappa shape index (κ2) is 9.79. The first-order valence-electron chi connectivity index (χ1n) is 8.94. The van der Waals surface area contributed by atoms with Crippen LogP contribution in [0.1, 0.15) is 36.7 Å². The first-order valence-corrected chi connectivity index (χ1v) is 9.35. The predicted octanol–water partition coefficient (Wildman–Crippen LogP) is 2.61. The monoisotopic (exact) mass is 430 g/mol. The normalized spacial score (nSPS) is 10.6. The third-order valence-electron chi connectivity index (χ3n) is 3.97. The van der Waals surface area contributed by atoms with Gasteiger partial charge in [0.1, 0.15) is 5.75 Å². The molecule has 0 saturated heterocycles. The summed E-state index contributed by atoms with van der Waals surface area (Å²) in [5, 5.41) is 12.8. The van der Waals surface area contributed by atoms with Crippen molar-refractivity contribution in [1.29, 1.82) is 0 Å². The standard InChI is InChI=1S/C20H22N4O5S/c1-20(2,3)14-6-4-13(5-7-14)18(26)22-23-19(30)21-17(25)12-29-16-10-8-15(9-11-16)24(27)28/h4-11H,12H2,1-3H3,(H,22,26)(H2,21,23,25,30). The summed E-state index contributed by atoms with van der Waals surface area (Å²) < 4.78 is 5.23. The minimum atomic E-state index is -0.561. The van der Waals surface area contributed by atoms with Gasteiger partial charge in [0, 0.05) is 17.7 Å². The van der Waals surface area contributed by atoms with Gasteiger partial charge in [-0.3, -0.25) is 35.9 Å². The number of hydrazine groups is 1. The summed E-state index contributed by atoms with van der Waals surface area (Å²) in [5.41, 5.74) is 6.28. The summed E-state index contributed by atoms with van der Waals surface area (Å²) >= 11 is 4.96. The number of non-ortho nitro benzene ring substituents is 1. The molecule has 0 unspecified atom stereocenters. The van der Waals surface area contributed by atoms with Gasteiger partial charge in [-0.2, -0.15) is 0 Å². The van der Waals surface area contributed by atoms with E-state index in [0.717, 1.165) is 5.56 Å². The molecule has 0 heterocycles. The molecule has 2 rings (SSSR count). The van der Waals surface area contributed by atoms with Crippen molar-refractivity contribution in [2.75, 3.05) is 6.61 Å². The van der Waals surface area contributed by atoms with Crippen molar-refractivity contribution >= 4 is 34.8 Å². The molecule has 0 fully saturated rings. The molecule has 2 aromatic rings. The van der Waals surface area contributed by atoms with Crippen LogP contribution in [0.15, 0.2) is 48.5 Å². The van der Waals surface area contributed by atoms with Gasteiger partial charge in [0.05, 0.1) is 4.92 Å². The highest BCUT2D eigenvalue weighted by molar-refractivity contribution is 7.80. The lowest BCUT2D eigenvalue weighted by atomic mass is 9.87. The van der Waals surface area contributed by atoms with Crippen molar-refractivity contribution in [2.45, 2.75) is 26.2 Å². The molecule has 30 heavy (non-hydrogen) atoms. The van der Waals surface area contributed by atoms with Gasteiger partial charge in [0.25, 0.3) is 17.5 Å². The molecule has 0 saturated carbocycles. The quantitative estimate of drug-likeness (QED) is 0.378. The number of nitro benzene ring substituents is 1. The van der Waals surface area contributed by atoms with Crippen LogP contribution in [0.2, 0.25) is 0 Å². The maximum Gasteiger partial charge on any atom is 0.269 e. The fourth-order valence-corrected chi connectivity index (χ4v) is 2.48. The van der Waals surface area contributed by atoms with E-state index in [1.807, 2.05) is 12.1 Å². The van der Waals surface area contributed by atoms with Gasteiger partial charge >= 0.3 is 0 Å². The predicted molar refractivity (Wildman–Crippen MR) is 115 cm³/mol. The SMILES string of the molecule is CC(C)(C)c1ccc(C(=O)NNC(=S)NC(=O)COc2ccc([N+](=O)[O-])cc2)cc1. The zero-order chi connectivity index (χ0) is 22.3. The number of nitrogens with one attached hydrogen (secondary N) is 3. The number of hydrogen-bond acceptors (Lipinski definition) is 6. The number of carbonyl (C=O) groups excluding carboxylic acids is 2. The molecule has 0 aliphatic carbocycles. The van der Waals surface area contributed by atoms with E-state index in [0.29, 0.717) is 11.3 Å². The number of hydrogen-bond donors (Lipinski definition) is 3. The first kappa shape index (κ1) is 22.8. The van der Waals surface area contributed by atoms with Gasteiger partial charge in [-0.1, -0.05) is 32.9 Å². The van der Waals surface area contributed by atoms with Gasteiger partial charge in [-0.05, 0) is 47.5 Å². The van der Waals surface area contributed by atoms with Crippen LogP contribution in [0.25, 0.3) is 0 Å². The third kappa shape index (κ3) is 6.82. The molecule has 2 aromatic carbocycles. The zero-order valence-corrected chi connectivity index (χ0v) is 17.5. The van der Waals surface area contributed by atoms with Crippen molar-refractivity contribution in [1.82, 2.24) is 16.2 Å². The van der Waals surface area contributed by atoms with Gasteiger partial charge < -0.3 is 4.74 Å². The average molecular weight is 430 g/mol. The third-order valence-corrected chi connectivity index (χ3v) is 4.18. The maximum absolute atomic E-state index is 12.2. The molecule has 0 spiro atoms. The lowest BCUT2D eigenvalue weighted by molar-refractivity contribution is -0.384.